The number of amides is 2. The number of hydrogen-bond donors (Lipinski definition) is 1. The van der Waals surface area contributed by atoms with Crippen molar-refractivity contribution in [1.82, 2.24) is 4.90 Å². The van der Waals surface area contributed by atoms with Gasteiger partial charge in [0.15, 0.2) is 0 Å². The van der Waals surface area contributed by atoms with Crippen molar-refractivity contribution >= 4 is 17.7 Å². The van der Waals surface area contributed by atoms with Crippen LogP contribution in [0.15, 0.2) is 24.3 Å². The minimum absolute atomic E-state index is 0.404. The fourth-order valence-corrected chi connectivity index (χ4v) is 2.24. The van der Waals surface area contributed by atoms with E-state index in [1.54, 1.807) is 6.07 Å². The van der Waals surface area contributed by atoms with E-state index in [1.165, 1.54) is 35.0 Å². The van der Waals surface area contributed by atoms with Crippen molar-refractivity contribution in [3.05, 3.63) is 30.1 Å². The van der Waals surface area contributed by atoms with E-state index in [-0.39, 0.29) is 0 Å². The molecule has 2 amide bonds. The summed E-state index contributed by atoms with van der Waals surface area (Å²) in [7, 11) is 1.51. The van der Waals surface area contributed by atoms with Crippen LogP contribution in [0.3, 0.4) is 0 Å². The van der Waals surface area contributed by atoms with Crippen molar-refractivity contribution in [2.75, 3.05) is 18.5 Å². The van der Waals surface area contributed by atoms with Crippen LogP contribution < -0.4 is 4.90 Å². The van der Waals surface area contributed by atoms with Gasteiger partial charge in [-0.05, 0) is 31.0 Å². The lowest BCUT2D eigenvalue weighted by Gasteiger charge is -2.27. The summed E-state index contributed by atoms with van der Waals surface area (Å²) >= 11 is 0. The topological polar surface area (TPSA) is 60.9 Å². The Morgan fingerprint density at radius 2 is 2.21 bits per heavy atom. The minimum Gasteiger partial charge on any atom is -0.480 e. The highest BCUT2D eigenvalue weighted by Gasteiger charge is 2.35. The Morgan fingerprint density at radius 1 is 1.47 bits per heavy atom. The standard InChI is InChI=1S/C13H15FN2O3/c1-15(10-5-2-4-9(14)8-10)13(19)16-7-3-6-11(16)12(17)18/h2,4-5,8,11H,3,6-7H2,1H3,(H,17,18)/t11-/m0/s1. The number of carboxylic acid groups (broad SMARTS) is 1. The molecule has 1 N–H and O–H groups in total. The van der Waals surface area contributed by atoms with Gasteiger partial charge in [0.05, 0.1) is 0 Å². The van der Waals surface area contributed by atoms with Gasteiger partial charge in [-0.25, -0.2) is 14.0 Å². The highest BCUT2D eigenvalue weighted by atomic mass is 19.1. The molecule has 0 unspecified atom stereocenters. The lowest BCUT2D eigenvalue weighted by molar-refractivity contribution is -0.141. The van der Waals surface area contributed by atoms with E-state index >= 15 is 0 Å². The van der Waals surface area contributed by atoms with Gasteiger partial charge >= 0.3 is 12.0 Å². The average molecular weight is 266 g/mol. The molecule has 0 aliphatic carbocycles. The predicted octanol–water partition coefficient (Wildman–Crippen LogP) is 1.93. The summed E-state index contributed by atoms with van der Waals surface area (Å²) in [5.74, 6) is -1.44. The van der Waals surface area contributed by atoms with E-state index in [4.69, 9.17) is 5.11 Å². The molecule has 6 heteroatoms. The maximum Gasteiger partial charge on any atom is 0.326 e. The molecule has 5 nitrogen and oxygen atoms in total. The van der Waals surface area contributed by atoms with Crippen molar-refractivity contribution in [2.24, 2.45) is 0 Å². The molecular weight excluding hydrogens is 251 g/mol. The molecule has 1 heterocycles. The Kier molecular flexibility index (Phi) is 3.69. The molecule has 1 aromatic carbocycles. The van der Waals surface area contributed by atoms with E-state index in [1.807, 2.05) is 0 Å². The zero-order chi connectivity index (χ0) is 14.0. The zero-order valence-corrected chi connectivity index (χ0v) is 10.5. The summed E-state index contributed by atoms with van der Waals surface area (Å²) in [6, 6.07) is 4.43. The van der Waals surface area contributed by atoms with Gasteiger partial charge < -0.3 is 10.0 Å². The summed E-state index contributed by atoms with van der Waals surface area (Å²) in [5.41, 5.74) is 0.404. The maximum absolute atomic E-state index is 13.1. The second-order valence-corrected chi connectivity index (χ2v) is 4.51. The lowest BCUT2D eigenvalue weighted by Crippen LogP contribution is -2.46. The van der Waals surface area contributed by atoms with Crippen molar-refractivity contribution in [3.8, 4) is 0 Å². The normalized spacial score (nSPS) is 18.4. The molecule has 1 saturated heterocycles. The van der Waals surface area contributed by atoms with Crippen LogP contribution in [0.1, 0.15) is 12.8 Å². The van der Waals surface area contributed by atoms with Gasteiger partial charge in [0.1, 0.15) is 11.9 Å². The fourth-order valence-electron chi connectivity index (χ4n) is 2.24. The summed E-state index contributed by atoms with van der Waals surface area (Å²) in [5, 5.41) is 9.06. The lowest BCUT2D eigenvalue weighted by atomic mass is 10.2. The van der Waals surface area contributed by atoms with Gasteiger partial charge in [-0.15, -0.1) is 0 Å². The molecule has 2 rings (SSSR count). The molecule has 102 valence electrons. The van der Waals surface area contributed by atoms with Crippen LogP contribution in [0.25, 0.3) is 0 Å². The fraction of sp³-hybridized carbons (Fsp3) is 0.385. The zero-order valence-electron chi connectivity index (χ0n) is 10.5. The summed E-state index contributed by atoms with van der Waals surface area (Å²) in [6.07, 6.45) is 1.12. The van der Waals surface area contributed by atoms with E-state index in [0.29, 0.717) is 25.1 Å². The monoisotopic (exact) mass is 266 g/mol. The number of carboxylic acids is 1. The molecule has 1 aliphatic rings. The molecule has 0 saturated carbocycles. The van der Waals surface area contributed by atoms with Crippen LogP contribution >= 0.6 is 0 Å². The van der Waals surface area contributed by atoms with Crippen LogP contribution in [-0.2, 0) is 4.79 Å². The molecule has 0 aromatic heterocycles. The number of halogens is 1. The number of rotatable bonds is 2. The van der Waals surface area contributed by atoms with Crippen LogP contribution in [-0.4, -0.2) is 41.6 Å². The van der Waals surface area contributed by atoms with Crippen molar-refractivity contribution in [2.45, 2.75) is 18.9 Å². The van der Waals surface area contributed by atoms with Crippen molar-refractivity contribution < 1.29 is 19.1 Å². The Hall–Kier alpha value is -2.11. The van der Waals surface area contributed by atoms with E-state index in [9.17, 15) is 14.0 Å². The number of benzene rings is 1. The van der Waals surface area contributed by atoms with Gasteiger partial charge in [-0.2, -0.15) is 0 Å². The van der Waals surface area contributed by atoms with Crippen LogP contribution in [0.4, 0.5) is 14.9 Å². The molecule has 19 heavy (non-hydrogen) atoms. The first-order chi connectivity index (χ1) is 9.00. The molecule has 1 fully saturated rings. The number of nitrogens with zero attached hydrogens (tertiary/aromatic N) is 2. The summed E-state index contributed by atoms with van der Waals surface area (Å²) in [6.45, 7) is 0.412. The second-order valence-electron chi connectivity index (χ2n) is 4.51. The van der Waals surface area contributed by atoms with Crippen LogP contribution in [0.2, 0.25) is 0 Å². The first kappa shape index (κ1) is 13.3. The number of carbonyl (C=O) groups is 2. The number of likely N-dealkylation sites (tertiary alicyclic amines) is 1. The summed E-state index contributed by atoms with van der Waals surface area (Å²) in [4.78, 5) is 25.9. The smallest absolute Gasteiger partial charge is 0.326 e. The number of aliphatic carboxylic acids is 1. The molecule has 1 aliphatic heterocycles. The quantitative estimate of drug-likeness (QED) is 0.889. The Balaban J connectivity index is 2.17. The number of urea groups is 1. The largest absolute Gasteiger partial charge is 0.480 e. The second kappa shape index (κ2) is 5.26. The van der Waals surface area contributed by atoms with Crippen molar-refractivity contribution in [3.63, 3.8) is 0 Å². The van der Waals surface area contributed by atoms with Crippen LogP contribution in [0.5, 0.6) is 0 Å². The van der Waals surface area contributed by atoms with Gasteiger partial charge in [-0.1, -0.05) is 6.07 Å². The molecular formula is C13H15FN2O3. The van der Waals surface area contributed by atoms with Gasteiger partial charge in [0.25, 0.3) is 0 Å². The third-order valence-electron chi connectivity index (χ3n) is 3.27. The maximum atomic E-state index is 13.1. The molecule has 0 bridgehead atoms. The molecule has 1 atom stereocenters. The SMILES string of the molecule is CN(C(=O)N1CCC[C@H]1C(=O)O)c1cccc(F)c1. The minimum atomic E-state index is -1.00. The first-order valence-corrected chi connectivity index (χ1v) is 6.03. The van der Waals surface area contributed by atoms with Crippen LogP contribution in [0, 0.1) is 5.82 Å². The average Bonchev–Trinajstić information content (AvgIpc) is 2.86. The Morgan fingerprint density at radius 3 is 2.84 bits per heavy atom. The third kappa shape index (κ3) is 2.67. The van der Waals surface area contributed by atoms with Gasteiger partial charge in [0, 0.05) is 19.3 Å². The summed E-state index contributed by atoms with van der Waals surface area (Å²) < 4.78 is 13.1. The van der Waals surface area contributed by atoms with E-state index in [0.717, 1.165) is 0 Å². The Bertz CT molecular complexity index is 506. The van der Waals surface area contributed by atoms with E-state index < -0.39 is 23.9 Å². The van der Waals surface area contributed by atoms with Gasteiger partial charge in [0.2, 0.25) is 0 Å². The molecule has 1 aromatic rings. The first-order valence-electron chi connectivity index (χ1n) is 6.03. The number of carbonyl (C=O) groups excluding carboxylic acids is 1. The number of hydrogen-bond acceptors (Lipinski definition) is 2. The number of anilines is 1. The Labute approximate surface area is 110 Å². The molecule has 0 radical (unpaired) electrons. The highest BCUT2D eigenvalue weighted by molar-refractivity contribution is 5.94. The van der Waals surface area contributed by atoms with Gasteiger partial charge in [-0.3, -0.25) is 4.90 Å². The van der Waals surface area contributed by atoms with E-state index in [2.05, 4.69) is 0 Å². The third-order valence-corrected chi connectivity index (χ3v) is 3.27. The van der Waals surface area contributed by atoms with Crippen molar-refractivity contribution in [1.29, 1.82) is 0 Å². The molecule has 0 spiro atoms. The predicted molar refractivity (Wildman–Crippen MR) is 67.6 cm³/mol. The highest BCUT2D eigenvalue weighted by Crippen LogP contribution is 2.22.